The summed E-state index contributed by atoms with van der Waals surface area (Å²) in [5.74, 6) is -0.0305. The fourth-order valence-electron chi connectivity index (χ4n) is 3.06. The summed E-state index contributed by atoms with van der Waals surface area (Å²) in [6.07, 6.45) is -3.14. The number of amides is 1. The molecule has 166 valence electrons. The van der Waals surface area contributed by atoms with E-state index in [9.17, 15) is 22.4 Å². The van der Waals surface area contributed by atoms with Crippen LogP contribution in [0.1, 0.15) is 40.3 Å². The van der Waals surface area contributed by atoms with Crippen molar-refractivity contribution in [2.75, 3.05) is 12.4 Å². The first-order valence-corrected chi connectivity index (χ1v) is 9.27. The van der Waals surface area contributed by atoms with Crippen molar-refractivity contribution < 1.29 is 27.1 Å². The van der Waals surface area contributed by atoms with E-state index in [2.05, 4.69) is 20.5 Å². The summed E-state index contributed by atoms with van der Waals surface area (Å²) in [5.41, 5.74) is -0.881. The zero-order chi connectivity index (χ0) is 22.8. The van der Waals surface area contributed by atoms with Crippen molar-refractivity contribution in [3.8, 4) is 5.75 Å². The van der Waals surface area contributed by atoms with Gasteiger partial charge in [0.15, 0.2) is 11.3 Å². The van der Waals surface area contributed by atoms with Crippen LogP contribution in [0, 0.1) is 0 Å². The van der Waals surface area contributed by atoms with Crippen LogP contribution in [0.3, 0.4) is 0 Å². The second kappa shape index (κ2) is 8.65. The summed E-state index contributed by atoms with van der Waals surface area (Å²) >= 11 is 0. The summed E-state index contributed by atoms with van der Waals surface area (Å²) in [4.78, 5) is 16.1. The number of alkyl halides is 4. The number of nitrogens with zero attached hydrogens (tertiary/aromatic N) is 5. The van der Waals surface area contributed by atoms with Crippen molar-refractivity contribution in [3.63, 3.8) is 0 Å². The number of methoxy groups -OCH3 is 1. The van der Waals surface area contributed by atoms with Crippen LogP contribution in [0.15, 0.2) is 48.8 Å². The standard InChI is InChI=1S/C20H16F4N6O2/c1-32-13-4-2-3-11(5-13)9-29-10-12(8-25-29)26-20(31)15-7-17-27-14(18(21)22)6-16(19(23)24)30(17)28-15/h2-8,10,18-19H,9H2,1H3,(H,26,31). The normalized spacial score (nSPS) is 11.5. The molecule has 4 aromatic rings. The van der Waals surface area contributed by atoms with Crippen LogP contribution < -0.4 is 10.1 Å². The second-order valence-corrected chi connectivity index (χ2v) is 6.74. The number of hydrogen-bond donors (Lipinski definition) is 1. The quantitative estimate of drug-likeness (QED) is 0.430. The first kappa shape index (κ1) is 21.3. The monoisotopic (exact) mass is 448 g/mol. The molecule has 0 atom stereocenters. The number of halogens is 4. The summed E-state index contributed by atoms with van der Waals surface area (Å²) < 4.78 is 59.9. The van der Waals surface area contributed by atoms with Crippen molar-refractivity contribution in [2.24, 2.45) is 0 Å². The number of nitrogens with one attached hydrogen (secondary N) is 1. The maximum absolute atomic E-state index is 13.3. The highest BCUT2D eigenvalue weighted by Gasteiger charge is 2.22. The molecule has 0 radical (unpaired) electrons. The molecule has 1 amide bonds. The average molecular weight is 448 g/mol. The Kier molecular flexibility index (Phi) is 5.75. The molecule has 0 unspecified atom stereocenters. The third-order valence-corrected chi connectivity index (χ3v) is 4.52. The summed E-state index contributed by atoms with van der Waals surface area (Å²) in [7, 11) is 1.56. The topological polar surface area (TPSA) is 86.3 Å². The van der Waals surface area contributed by atoms with E-state index in [0.29, 0.717) is 28.6 Å². The van der Waals surface area contributed by atoms with Gasteiger partial charge in [-0.3, -0.25) is 9.48 Å². The van der Waals surface area contributed by atoms with Crippen molar-refractivity contribution in [1.82, 2.24) is 24.4 Å². The Hall–Kier alpha value is -3.96. The number of carbonyl (C=O) groups excluding carboxylic acids is 1. The molecule has 0 saturated heterocycles. The lowest BCUT2D eigenvalue weighted by atomic mass is 10.2. The molecule has 1 aromatic carbocycles. The molecule has 32 heavy (non-hydrogen) atoms. The Morgan fingerprint density at radius 3 is 2.69 bits per heavy atom. The van der Waals surface area contributed by atoms with Gasteiger partial charge in [0.1, 0.15) is 17.1 Å². The molecule has 4 rings (SSSR count). The Labute approximate surface area is 178 Å². The summed E-state index contributed by atoms with van der Waals surface area (Å²) in [6, 6.07) is 9.02. The van der Waals surface area contributed by atoms with Gasteiger partial charge in [-0.15, -0.1) is 0 Å². The first-order chi connectivity index (χ1) is 15.3. The van der Waals surface area contributed by atoms with E-state index in [1.165, 1.54) is 6.20 Å². The van der Waals surface area contributed by atoms with Gasteiger partial charge in [0.2, 0.25) is 0 Å². The van der Waals surface area contributed by atoms with Crippen LogP contribution in [-0.2, 0) is 6.54 Å². The number of benzene rings is 1. The highest BCUT2D eigenvalue weighted by atomic mass is 19.3. The molecular weight excluding hydrogens is 432 g/mol. The predicted molar refractivity (Wildman–Crippen MR) is 105 cm³/mol. The van der Waals surface area contributed by atoms with Crippen LogP contribution in [0.4, 0.5) is 23.2 Å². The summed E-state index contributed by atoms with van der Waals surface area (Å²) in [6.45, 7) is 0.416. The van der Waals surface area contributed by atoms with Gasteiger partial charge in [-0.05, 0) is 23.8 Å². The zero-order valence-electron chi connectivity index (χ0n) is 16.5. The molecule has 0 aliphatic rings. The number of aromatic nitrogens is 5. The van der Waals surface area contributed by atoms with E-state index in [1.54, 1.807) is 18.0 Å². The van der Waals surface area contributed by atoms with Gasteiger partial charge >= 0.3 is 0 Å². The molecule has 0 spiro atoms. The third-order valence-electron chi connectivity index (χ3n) is 4.52. The highest BCUT2D eigenvalue weighted by molar-refractivity contribution is 6.03. The van der Waals surface area contributed by atoms with Crippen molar-refractivity contribution in [3.05, 3.63) is 71.4 Å². The number of carbonyl (C=O) groups is 1. The lowest BCUT2D eigenvalue weighted by Gasteiger charge is -2.06. The van der Waals surface area contributed by atoms with Crippen molar-refractivity contribution in [2.45, 2.75) is 19.4 Å². The second-order valence-electron chi connectivity index (χ2n) is 6.74. The fraction of sp³-hybridized carbons (Fsp3) is 0.200. The Morgan fingerprint density at radius 2 is 1.97 bits per heavy atom. The lowest BCUT2D eigenvalue weighted by Crippen LogP contribution is -2.12. The highest BCUT2D eigenvalue weighted by Crippen LogP contribution is 2.25. The first-order valence-electron chi connectivity index (χ1n) is 9.27. The third kappa shape index (κ3) is 4.38. The van der Waals surface area contributed by atoms with E-state index in [-0.39, 0.29) is 11.3 Å². The molecule has 0 aliphatic heterocycles. The molecule has 1 N–H and O–H groups in total. The smallest absolute Gasteiger partial charge is 0.280 e. The molecule has 0 fully saturated rings. The minimum atomic E-state index is -3.08. The van der Waals surface area contributed by atoms with Gasteiger partial charge in [0.25, 0.3) is 18.8 Å². The van der Waals surface area contributed by atoms with E-state index in [1.807, 2.05) is 24.3 Å². The van der Waals surface area contributed by atoms with Crippen LogP contribution >= 0.6 is 0 Å². The van der Waals surface area contributed by atoms with Crippen molar-refractivity contribution >= 4 is 17.2 Å². The SMILES string of the molecule is COc1cccc(Cn2cc(NC(=O)c3cc4nc(C(F)F)cc(C(F)F)n4n3)cn2)c1. The van der Waals surface area contributed by atoms with Crippen LogP contribution in [0.5, 0.6) is 5.75 Å². The molecule has 12 heteroatoms. The Morgan fingerprint density at radius 1 is 1.16 bits per heavy atom. The van der Waals surface area contributed by atoms with Gasteiger partial charge in [0, 0.05) is 12.3 Å². The average Bonchev–Trinajstić information content (AvgIpc) is 3.39. The summed E-state index contributed by atoms with van der Waals surface area (Å²) in [5, 5.41) is 10.5. The number of hydrogen-bond acceptors (Lipinski definition) is 5. The van der Waals surface area contributed by atoms with Crippen LogP contribution in [0.2, 0.25) is 0 Å². The molecule has 3 heterocycles. The van der Waals surface area contributed by atoms with E-state index in [4.69, 9.17) is 4.74 Å². The number of rotatable bonds is 7. The lowest BCUT2D eigenvalue weighted by molar-refractivity contribution is 0.102. The number of ether oxygens (including phenoxy) is 1. The van der Waals surface area contributed by atoms with Gasteiger partial charge in [0.05, 0.1) is 25.5 Å². The van der Waals surface area contributed by atoms with E-state index >= 15 is 0 Å². The molecule has 0 bridgehead atoms. The van der Waals surface area contributed by atoms with Gasteiger partial charge in [-0.1, -0.05) is 12.1 Å². The molecule has 0 saturated carbocycles. The number of anilines is 1. The molecule has 3 aromatic heterocycles. The van der Waals surface area contributed by atoms with Gasteiger partial charge < -0.3 is 10.1 Å². The Balaban J connectivity index is 1.53. The fourth-order valence-corrected chi connectivity index (χ4v) is 3.06. The zero-order valence-corrected chi connectivity index (χ0v) is 16.5. The maximum atomic E-state index is 13.3. The maximum Gasteiger partial charge on any atom is 0.280 e. The minimum absolute atomic E-state index is 0.258. The van der Waals surface area contributed by atoms with Crippen LogP contribution in [-0.4, -0.2) is 37.4 Å². The van der Waals surface area contributed by atoms with E-state index < -0.39 is 30.1 Å². The molecule has 8 nitrogen and oxygen atoms in total. The predicted octanol–water partition coefficient (Wildman–Crippen LogP) is 4.11. The van der Waals surface area contributed by atoms with Gasteiger partial charge in [-0.25, -0.2) is 27.1 Å². The number of fused-ring (bicyclic) bond motifs is 1. The Bertz CT molecular complexity index is 1270. The van der Waals surface area contributed by atoms with Crippen molar-refractivity contribution in [1.29, 1.82) is 0 Å². The van der Waals surface area contributed by atoms with Crippen LogP contribution in [0.25, 0.3) is 5.65 Å². The molecule has 0 aliphatic carbocycles. The largest absolute Gasteiger partial charge is 0.497 e. The minimum Gasteiger partial charge on any atom is -0.497 e. The van der Waals surface area contributed by atoms with E-state index in [0.717, 1.165) is 11.6 Å². The molecular formula is C20H16F4N6O2. The van der Waals surface area contributed by atoms with Gasteiger partial charge in [-0.2, -0.15) is 10.2 Å².